The molecule has 0 unspecified atom stereocenters. The second kappa shape index (κ2) is 6.10. The molecule has 0 saturated carbocycles. The van der Waals surface area contributed by atoms with E-state index in [-0.39, 0.29) is 12.8 Å². The molecular formula is C11H12ClNO4. The van der Waals surface area contributed by atoms with Gasteiger partial charge in [-0.3, -0.25) is 9.59 Å². The van der Waals surface area contributed by atoms with Gasteiger partial charge in [-0.1, -0.05) is 11.6 Å². The molecule has 0 atom stereocenters. The second-order valence-corrected chi connectivity index (χ2v) is 3.69. The number of benzene rings is 1. The van der Waals surface area contributed by atoms with Gasteiger partial charge in [0, 0.05) is 12.5 Å². The summed E-state index contributed by atoms with van der Waals surface area (Å²) >= 11 is 5.87. The maximum absolute atomic E-state index is 11.4. The van der Waals surface area contributed by atoms with Gasteiger partial charge in [0.1, 0.15) is 5.75 Å². The summed E-state index contributed by atoms with van der Waals surface area (Å²) in [6.07, 6.45) is -0.309. The molecule has 1 aromatic rings. The molecule has 0 saturated heterocycles. The van der Waals surface area contributed by atoms with E-state index in [0.29, 0.717) is 16.5 Å². The van der Waals surface area contributed by atoms with Crippen molar-refractivity contribution in [1.82, 2.24) is 0 Å². The maximum Gasteiger partial charge on any atom is 0.303 e. The van der Waals surface area contributed by atoms with Crippen LogP contribution in [-0.4, -0.2) is 24.1 Å². The van der Waals surface area contributed by atoms with Crippen molar-refractivity contribution in [3.8, 4) is 5.75 Å². The van der Waals surface area contributed by atoms with E-state index in [0.717, 1.165) is 0 Å². The van der Waals surface area contributed by atoms with E-state index in [9.17, 15) is 9.59 Å². The van der Waals surface area contributed by atoms with Crippen LogP contribution in [0.15, 0.2) is 18.2 Å². The smallest absolute Gasteiger partial charge is 0.303 e. The number of rotatable bonds is 5. The summed E-state index contributed by atoms with van der Waals surface area (Å²) in [7, 11) is 1.50. The number of carbonyl (C=O) groups is 2. The Kier molecular flexibility index (Phi) is 4.78. The standard InChI is InChI=1S/C11H12ClNO4/c1-17-7-2-3-8(12)9(6-7)13-10(14)4-5-11(15)16/h2-3,6H,4-5H2,1H3,(H,13,14)(H,15,16). The number of hydrogen-bond donors (Lipinski definition) is 2. The molecule has 92 valence electrons. The third-order valence-electron chi connectivity index (χ3n) is 2.01. The van der Waals surface area contributed by atoms with E-state index in [1.54, 1.807) is 18.2 Å². The lowest BCUT2D eigenvalue weighted by Crippen LogP contribution is -2.13. The Morgan fingerprint density at radius 3 is 2.71 bits per heavy atom. The molecule has 0 spiro atoms. The quantitative estimate of drug-likeness (QED) is 0.847. The number of carbonyl (C=O) groups excluding carboxylic acids is 1. The zero-order valence-electron chi connectivity index (χ0n) is 9.20. The van der Waals surface area contributed by atoms with Crippen molar-refractivity contribution in [3.05, 3.63) is 23.2 Å². The third kappa shape index (κ3) is 4.32. The Morgan fingerprint density at radius 2 is 2.12 bits per heavy atom. The van der Waals surface area contributed by atoms with E-state index < -0.39 is 11.9 Å². The summed E-state index contributed by atoms with van der Waals surface area (Å²) in [5.74, 6) is -0.859. The summed E-state index contributed by atoms with van der Waals surface area (Å²) in [5, 5.41) is 11.3. The summed E-state index contributed by atoms with van der Waals surface area (Å²) < 4.78 is 4.99. The van der Waals surface area contributed by atoms with Crippen LogP contribution in [-0.2, 0) is 9.59 Å². The number of ether oxygens (including phenoxy) is 1. The zero-order chi connectivity index (χ0) is 12.8. The van der Waals surface area contributed by atoms with Crippen LogP contribution in [0.25, 0.3) is 0 Å². The Morgan fingerprint density at radius 1 is 1.41 bits per heavy atom. The molecule has 1 aromatic carbocycles. The van der Waals surface area contributed by atoms with Crippen molar-refractivity contribution in [2.24, 2.45) is 0 Å². The number of aliphatic carboxylic acids is 1. The topological polar surface area (TPSA) is 75.6 Å². The fraction of sp³-hybridized carbons (Fsp3) is 0.273. The normalized spacial score (nSPS) is 9.76. The molecule has 0 aromatic heterocycles. The summed E-state index contributed by atoms with van der Waals surface area (Å²) in [6, 6.07) is 4.82. The number of nitrogens with one attached hydrogen (secondary N) is 1. The summed E-state index contributed by atoms with van der Waals surface area (Å²) in [4.78, 5) is 21.7. The lowest BCUT2D eigenvalue weighted by molar-refractivity contribution is -0.138. The van der Waals surface area contributed by atoms with Gasteiger partial charge in [0.2, 0.25) is 5.91 Å². The van der Waals surface area contributed by atoms with Crippen LogP contribution in [0.5, 0.6) is 5.75 Å². The number of hydrogen-bond acceptors (Lipinski definition) is 3. The Bertz CT molecular complexity index is 433. The highest BCUT2D eigenvalue weighted by atomic mass is 35.5. The van der Waals surface area contributed by atoms with Crippen LogP contribution >= 0.6 is 11.6 Å². The van der Waals surface area contributed by atoms with Crippen molar-refractivity contribution in [1.29, 1.82) is 0 Å². The van der Waals surface area contributed by atoms with Crippen molar-refractivity contribution < 1.29 is 19.4 Å². The molecule has 5 nitrogen and oxygen atoms in total. The Labute approximate surface area is 103 Å². The molecule has 0 aliphatic rings. The van der Waals surface area contributed by atoms with E-state index >= 15 is 0 Å². The molecule has 1 amide bonds. The molecule has 2 N–H and O–H groups in total. The molecule has 17 heavy (non-hydrogen) atoms. The maximum atomic E-state index is 11.4. The Balaban J connectivity index is 2.67. The van der Waals surface area contributed by atoms with Gasteiger partial charge >= 0.3 is 5.97 Å². The fourth-order valence-corrected chi connectivity index (χ4v) is 1.33. The monoisotopic (exact) mass is 257 g/mol. The molecule has 0 aliphatic carbocycles. The molecule has 0 fully saturated rings. The van der Waals surface area contributed by atoms with Crippen LogP contribution in [0.4, 0.5) is 5.69 Å². The van der Waals surface area contributed by atoms with Gasteiger partial charge in [-0.15, -0.1) is 0 Å². The van der Waals surface area contributed by atoms with Crippen LogP contribution in [0.3, 0.4) is 0 Å². The SMILES string of the molecule is COc1ccc(Cl)c(NC(=O)CCC(=O)O)c1. The zero-order valence-corrected chi connectivity index (χ0v) is 9.95. The Hall–Kier alpha value is -1.75. The van der Waals surface area contributed by atoms with Crippen LogP contribution in [0, 0.1) is 0 Å². The highest BCUT2D eigenvalue weighted by Crippen LogP contribution is 2.26. The van der Waals surface area contributed by atoms with Crippen molar-refractivity contribution >= 4 is 29.2 Å². The van der Waals surface area contributed by atoms with Gasteiger partial charge in [-0.05, 0) is 12.1 Å². The molecule has 1 rings (SSSR count). The van der Waals surface area contributed by atoms with Crippen LogP contribution in [0.2, 0.25) is 5.02 Å². The number of halogens is 1. The predicted molar refractivity (Wildman–Crippen MR) is 63.5 cm³/mol. The molecule has 0 radical (unpaired) electrons. The van der Waals surface area contributed by atoms with E-state index in [4.69, 9.17) is 21.4 Å². The minimum Gasteiger partial charge on any atom is -0.497 e. The number of carboxylic acid groups (broad SMARTS) is 1. The largest absolute Gasteiger partial charge is 0.497 e. The first-order valence-corrected chi connectivity index (χ1v) is 5.26. The summed E-state index contributed by atoms with van der Waals surface area (Å²) in [5.41, 5.74) is 0.404. The number of carboxylic acids is 1. The van der Waals surface area contributed by atoms with E-state index in [1.165, 1.54) is 7.11 Å². The molecule has 0 bridgehead atoms. The molecule has 0 heterocycles. The van der Waals surface area contributed by atoms with Crippen molar-refractivity contribution in [2.45, 2.75) is 12.8 Å². The van der Waals surface area contributed by atoms with E-state index in [2.05, 4.69) is 5.32 Å². The highest BCUT2D eigenvalue weighted by molar-refractivity contribution is 6.33. The number of anilines is 1. The van der Waals surface area contributed by atoms with Crippen molar-refractivity contribution in [3.63, 3.8) is 0 Å². The molecule has 0 aliphatic heterocycles. The van der Waals surface area contributed by atoms with Gasteiger partial charge < -0.3 is 15.2 Å². The third-order valence-corrected chi connectivity index (χ3v) is 2.34. The van der Waals surface area contributed by atoms with Gasteiger partial charge in [0.15, 0.2) is 0 Å². The highest BCUT2D eigenvalue weighted by Gasteiger charge is 2.08. The predicted octanol–water partition coefficient (Wildman–Crippen LogP) is 2.15. The van der Waals surface area contributed by atoms with Gasteiger partial charge in [-0.2, -0.15) is 0 Å². The van der Waals surface area contributed by atoms with Crippen LogP contribution in [0.1, 0.15) is 12.8 Å². The van der Waals surface area contributed by atoms with Gasteiger partial charge in [0.25, 0.3) is 0 Å². The summed E-state index contributed by atoms with van der Waals surface area (Å²) in [6.45, 7) is 0. The van der Waals surface area contributed by atoms with E-state index in [1.807, 2.05) is 0 Å². The van der Waals surface area contributed by atoms with Crippen LogP contribution < -0.4 is 10.1 Å². The second-order valence-electron chi connectivity index (χ2n) is 3.29. The van der Waals surface area contributed by atoms with Gasteiger partial charge in [-0.25, -0.2) is 0 Å². The average Bonchev–Trinajstić information content (AvgIpc) is 2.29. The minimum absolute atomic E-state index is 0.0944. The fourth-order valence-electron chi connectivity index (χ4n) is 1.16. The molecular weight excluding hydrogens is 246 g/mol. The average molecular weight is 258 g/mol. The number of methoxy groups -OCH3 is 1. The molecule has 6 heteroatoms. The lowest BCUT2D eigenvalue weighted by atomic mass is 10.2. The first-order chi connectivity index (χ1) is 8.02. The van der Waals surface area contributed by atoms with Crippen molar-refractivity contribution in [2.75, 3.05) is 12.4 Å². The first kappa shape index (κ1) is 13.3. The van der Waals surface area contributed by atoms with Gasteiger partial charge in [0.05, 0.1) is 24.2 Å². The minimum atomic E-state index is -1.02. The lowest BCUT2D eigenvalue weighted by Gasteiger charge is -2.08. The first-order valence-electron chi connectivity index (χ1n) is 4.88. The number of amides is 1.